The van der Waals surface area contributed by atoms with Crippen LogP contribution in [0.2, 0.25) is 0 Å². The van der Waals surface area contributed by atoms with E-state index in [4.69, 9.17) is 9.47 Å². The second-order valence-electron chi connectivity index (χ2n) is 8.03. The van der Waals surface area contributed by atoms with Gasteiger partial charge in [-0.1, -0.05) is 74.5 Å². The normalized spacial score (nSPS) is 10.8. The third kappa shape index (κ3) is 6.48. The Labute approximate surface area is 179 Å². The molecule has 0 aliphatic heterocycles. The molecule has 156 valence electrons. The standard InChI is InChI=1S/C27H30O3/c1-20(2)16-24-13-14-25(19-26(24)29-3)30-27(28)15-12-22-10-7-11-23(18-22)17-21-8-5-4-6-9-21/h4-11,13-14,18-20H,12,15-17H2,1-3H3. The highest BCUT2D eigenvalue weighted by atomic mass is 16.5. The van der Waals surface area contributed by atoms with Crippen LogP contribution in [0.1, 0.15) is 42.5 Å². The maximum absolute atomic E-state index is 12.4. The SMILES string of the molecule is COc1cc(OC(=O)CCc2cccc(Cc3ccccc3)c2)ccc1CC(C)C. The molecule has 0 saturated carbocycles. The summed E-state index contributed by atoms with van der Waals surface area (Å²) in [5.41, 5.74) is 4.80. The lowest BCUT2D eigenvalue weighted by molar-refractivity contribution is -0.134. The fraction of sp³-hybridized carbons (Fsp3) is 0.296. The first-order chi connectivity index (χ1) is 14.5. The fourth-order valence-electron chi connectivity index (χ4n) is 3.55. The molecule has 0 atom stereocenters. The van der Waals surface area contributed by atoms with Crippen molar-refractivity contribution in [3.8, 4) is 11.5 Å². The highest BCUT2D eigenvalue weighted by Gasteiger charge is 2.11. The van der Waals surface area contributed by atoms with E-state index in [9.17, 15) is 4.79 Å². The van der Waals surface area contributed by atoms with Crippen LogP contribution < -0.4 is 9.47 Å². The summed E-state index contributed by atoms with van der Waals surface area (Å²) in [7, 11) is 1.65. The molecule has 0 radical (unpaired) electrons. The summed E-state index contributed by atoms with van der Waals surface area (Å²) in [6.45, 7) is 4.34. The largest absolute Gasteiger partial charge is 0.496 e. The van der Waals surface area contributed by atoms with Gasteiger partial charge < -0.3 is 9.47 Å². The van der Waals surface area contributed by atoms with Crippen LogP contribution in [-0.4, -0.2) is 13.1 Å². The van der Waals surface area contributed by atoms with E-state index < -0.39 is 0 Å². The fourth-order valence-corrected chi connectivity index (χ4v) is 3.55. The van der Waals surface area contributed by atoms with E-state index in [1.54, 1.807) is 13.2 Å². The lowest BCUT2D eigenvalue weighted by Gasteiger charge is -2.12. The number of ether oxygens (including phenoxy) is 2. The molecule has 30 heavy (non-hydrogen) atoms. The van der Waals surface area contributed by atoms with Gasteiger partial charge in [0.1, 0.15) is 11.5 Å². The monoisotopic (exact) mass is 402 g/mol. The van der Waals surface area contributed by atoms with Crippen LogP contribution in [0, 0.1) is 5.92 Å². The van der Waals surface area contributed by atoms with Crippen molar-refractivity contribution in [3.63, 3.8) is 0 Å². The number of benzene rings is 3. The van der Waals surface area contributed by atoms with Gasteiger partial charge in [-0.2, -0.15) is 0 Å². The first-order valence-corrected chi connectivity index (χ1v) is 10.5. The number of carbonyl (C=O) groups is 1. The van der Waals surface area contributed by atoms with Gasteiger partial charge in [0.05, 0.1) is 7.11 Å². The Bertz CT molecular complexity index is 961. The molecule has 3 aromatic rings. The summed E-state index contributed by atoms with van der Waals surface area (Å²) in [5, 5.41) is 0. The second-order valence-corrected chi connectivity index (χ2v) is 8.03. The summed E-state index contributed by atoms with van der Waals surface area (Å²) < 4.78 is 11.0. The minimum Gasteiger partial charge on any atom is -0.496 e. The molecule has 0 N–H and O–H groups in total. The molecule has 3 heteroatoms. The predicted molar refractivity (Wildman–Crippen MR) is 121 cm³/mol. The van der Waals surface area contributed by atoms with E-state index in [-0.39, 0.29) is 5.97 Å². The van der Waals surface area contributed by atoms with E-state index in [1.165, 1.54) is 11.1 Å². The van der Waals surface area contributed by atoms with Crippen LogP contribution in [0.5, 0.6) is 11.5 Å². The molecule has 0 unspecified atom stereocenters. The molecular formula is C27H30O3. The lowest BCUT2D eigenvalue weighted by atomic mass is 10.0. The second kappa shape index (κ2) is 10.6. The summed E-state index contributed by atoms with van der Waals surface area (Å²) >= 11 is 0. The number of carbonyl (C=O) groups excluding carboxylic acids is 1. The Morgan fingerprint density at radius 3 is 2.33 bits per heavy atom. The predicted octanol–water partition coefficient (Wildman–Crippen LogP) is 6.02. The van der Waals surface area contributed by atoms with Crippen LogP contribution in [-0.2, 0) is 24.1 Å². The van der Waals surface area contributed by atoms with Gasteiger partial charge in [-0.3, -0.25) is 4.79 Å². The summed E-state index contributed by atoms with van der Waals surface area (Å²) in [6.07, 6.45) is 2.81. The van der Waals surface area contributed by atoms with Crippen LogP contribution >= 0.6 is 0 Å². The van der Waals surface area contributed by atoms with Gasteiger partial charge in [-0.15, -0.1) is 0 Å². The van der Waals surface area contributed by atoms with E-state index in [2.05, 4.69) is 62.4 Å². The number of esters is 1. The molecule has 0 fully saturated rings. The van der Waals surface area contributed by atoms with Crippen molar-refractivity contribution in [1.29, 1.82) is 0 Å². The Hall–Kier alpha value is -3.07. The minimum atomic E-state index is -0.234. The summed E-state index contributed by atoms with van der Waals surface area (Å²) in [5.74, 6) is 1.59. The van der Waals surface area contributed by atoms with Gasteiger partial charge in [0.2, 0.25) is 0 Å². The number of aryl methyl sites for hydroxylation is 1. The van der Waals surface area contributed by atoms with Gasteiger partial charge in [0.15, 0.2) is 0 Å². The van der Waals surface area contributed by atoms with Crippen molar-refractivity contribution in [2.24, 2.45) is 5.92 Å². The van der Waals surface area contributed by atoms with Crippen LogP contribution in [0.3, 0.4) is 0 Å². The van der Waals surface area contributed by atoms with E-state index in [1.807, 2.05) is 18.2 Å². The highest BCUT2D eigenvalue weighted by Crippen LogP contribution is 2.27. The number of hydrogen-bond acceptors (Lipinski definition) is 3. The van der Waals surface area contributed by atoms with Gasteiger partial charge in [-0.05, 0) is 53.5 Å². The molecule has 0 saturated heterocycles. The molecule has 3 aromatic carbocycles. The van der Waals surface area contributed by atoms with Gasteiger partial charge in [0, 0.05) is 12.5 Å². The Morgan fingerprint density at radius 1 is 0.867 bits per heavy atom. The third-order valence-electron chi connectivity index (χ3n) is 4.98. The van der Waals surface area contributed by atoms with Crippen molar-refractivity contribution >= 4 is 5.97 Å². The molecule has 0 aromatic heterocycles. The van der Waals surface area contributed by atoms with Gasteiger partial charge >= 0.3 is 5.97 Å². The van der Waals surface area contributed by atoms with E-state index in [0.717, 1.165) is 29.7 Å². The number of methoxy groups -OCH3 is 1. The zero-order valence-electron chi connectivity index (χ0n) is 18.1. The first-order valence-electron chi connectivity index (χ1n) is 10.5. The maximum atomic E-state index is 12.4. The average molecular weight is 403 g/mol. The molecular weight excluding hydrogens is 372 g/mol. The summed E-state index contributed by atoms with van der Waals surface area (Å²) in [4.78, 5) is 12.4. The van der Waals surface area contributed by atoms with Crippen LogP contribution in [0.4, 0.5) is 0 Å². The zero-order chi connectivity index (χ0) is 21.3. The average Bonchev–Trinajstić information content (AvgIpc) is 2.74. The molecule has 3 nitrogen and oxygen atoms in total. The third-order valence-corrected chi connectivity index (χ3v) is 4.98. The van der Waals surface area contributed by atoms with Crippen LogP contribution in [0.25, 0.3) is 0 Å². The van der Waals surface area contributed by atoms with Gasteiger partial charge in [-0.25, -0.2) is 0 Å². The zero-order valence-corrected chi connectivity index (χ0v) is 18.1. The lowest BCUT2D eigenvalue weighted by Crippen LogP contribution is -2.09. The molecule has 0 aliphatic carbocycles. The molecule has 0 heterocycles. The van der Waals surface area contributed by atoms with Crippen molar-refractivity contribution < 1.29 is 14.3 Å². The van der Waals surface area contributed by atoms with E-state index >= 15 is 0 Å². The number of rotatable bonds is 9. The van der Waals surface area contributed by atoms with Crippen LogP contribution in [0.15, 0.2) is 72.8 Å². The Morgan fingerprint density at radius 2 is 1.60 bits per heavy atom. The van der Waals surface area contributed by atoms with E-state index in [0.29, 0.717) is 24.5 Å². The quantitative estimate of drug-likeness (QED) is 0.324. The van der Waals surface area contributed by atoms with Crippen molar-refractivity contribution in [2.75, 3.05) is 7.11 Å². The van der Waals surface area contributed by atoms with Crippen molar-refractivity contribution in [1.82, 2.24) is 0 Å². The molecule has 0 aliphatic rings. The molecule has 0 spiro atoms. The van der Waals surface area contributed by atoms with Gasteiger partial charge in [0.25, 0.3) is 0 Å². The molecule has 3 rings (SSSR count). The summed E-state index contributed by atoms with van der Waals surface area (Å²) in [6, 6.07) is 24.4. The maximum Gasteiger partial charge on any atom is 0.311 e. The minimum absolute atomic E-state index is 0.234. The number of hydrogen-bond donors (Lipinski definition) is 0. The van der Waals surface area contributed by atoms with Crippen molar-refractivity contribution in [2.45, 2.75) is 39.5 Å². The topological polar surface area (TPSA) is 35.5 Å². The highest BCUT2D eigenvalue weighted by molar-refractivity contribution is 5.73. The molecule has 0 bridgehead atoms. The Balaban J connectivity index is 1.56. The Kier molecular flexibility index (Phi) is 7.67. The molecule has 0 amide bonds. The smallest absolute Gasteiger partial charge is 0.311 e. The first kappa shape index (κ1) is 21.6. The van der Waals surface area contributed by atoms with Crippen molar-refractivity contribution in [3.05, 3.63) is 95.1 Å².